The van der Waals surface area contributed by atoms with Crippen LogP contribution in [0.1, 0.15) is 33.1 Å². The molecule has 1 aliphatic heterocycles. The minimum atomic E-state index is -0.0710. The maximum atomic E-state index is 6.07. The topological polar surface area (TPSA) is 12.5 Å². The van der Waals surface area contributed by atoms with E-state index in [-0.39, 0.29) is 16.4 Å². The van der Waals surface area contributed by atoms with Crippen molar-refractivity contribution in [2.75, 3.05) is 0 Å². The van der Waals surface area contributed by atoms with Crippen LogP contribution < -0.4 is 0 Å². The average molecular weight is 292 g/mol. The van der Waals surface area contributed by atoms with Gasteiger partial charge in [-0.3, -0.25) is 0 Å². The summed E-state index contributed by atoms with van der Waals surface area (Å²) in [6.07, 6.45) is 17.9. The summed E-state index contributed by atoms with van der Waals surface area (Å²) in [5.74, 6) is 2.12. The zero-order valence-corrected chi connectivity index (χ0v) is 13.5. The Morgan fingerprint density at radius 1 is 1.36 bits per heavy atom. The number of epoxide rings is 1. The second-order valence-corrected chi connectivity index (χ2v) is 8.25. The van der Waals surface area contributed by atoms with Crippen LogP contribution in [0.3, 0.4) is 0 Å². The summed E-state index contributed by atoms with van der Waals surface area (Å²) in [6, 6.07) is 0. The van der Waals surface area contributed by atoms with Gasteiger partial charge in [-0.2, -0.15) is 0 Å². The van der Waals surface area contributed by atoms with E-state index in [9.17, 15) is 0 Å². The Morgan fingerprint density at radius 3 is 3.05 bits per heavy atom. The van der Waals surface area contributed by atoms with Gasteiger partial charge in [0.1, 0.15) is 5.60 Å². The number of fused-ring (bicyclic) bond motifs is 7. The summed E-state index contributed by atoms with van der Waals surface area (Å²) in [6.45, 7) is 8.91. The van der Waals surface area contributed by atoms with Gasteiger partial charge in [0.15, 0.2) is 0 Å². The maximum Gasteiger partial charge on any atom is 0.122 e. The zero-order chi connectivity index (χ0) is 15.2. The highest BCUT2D eigenvalue weighted by Crippen LogP contribution is 2.71. The van der Waals surface area contributed by atoms with Crippen molar-refractivity contribution >= 4 is 0 Å². The number of allylic oxidation sites excluding steroid dienone is 4. The first-order valence-corrected chi connectivity index (χ1v) is 8.70. The van der Waals surface area contributed by atoms with E-state index in [2.05, 4.69) is 62.6 Å². The molecule has 5 rings (SSSR count). The van der Waals surface area contributed by atoms with Crippen molar-refractivity contribution in [1.82, 2.24) is 0 Å². The fourth-order valence-corrected chi connectivity index (χ4v) is 6.28. The Labute approximate surface area is 133 Å². The largest absolute Gasteiger partial charge is 0.361 e. The second-order valence-electron chi connectivity index (χ2n) is 8.25. The van der Waals surface area contributed by atoms with Gasteiger partial charge in [0, 0.05) is 10.8 Å². The monoisotopic (exact) mass is 292 g/mol. The fraction of sp³-hybridized carbons (Fsp3) is 0.571. The summed E-state index contributed by atoms with van der Waals surface area (Å²) in [4.78, 5) is 0. The highest BCUT2D eigenvalue weighted by Gasteiger charge is 2.74. The molecule has 3 fully saturated rings. The van der Waals surface area contributed by atoms with Gasteiger partial charge in [-0.15, -0.1) is 12.3 Å². The molecular weight excluding hydrogens is 268 g/mol. The molecule has 0 spiro atoms. The molecule has 2 saturated carbocycles. The van der Waals surface area contributed by atoms with Gasteiger partial charge < -0.3 is 4.74 Å². The Morgan fingerprint density at radius 2 is 2.23 bits per heavy atom. The molecule has 22 heavy (non-hydrogen) atoms. The molecule has 0 aromatic heterocycles. The minimum absolute atomic E-state index is 0.0710. The molecular formula is C21H24O. The van der Waals surface area contributed by atoms with Crippen LogP contribution in [0.5, 0.6) is 0 Å². The highest BCUT2D eigenvalue weighted by atomic mass is 16.6. The Bertz CT molecular complexity index is 691. The fourth-order valence-electron chi connectivity index (χ4n) is 6.28. The molecule has 0 amide bonds. The zero-order valence-electron chi connectivity index (χ0n) is 13.5. The van der Waals surface area contributed by atoms with E-state index in [1.165, 1.54) is 24.8 Å². The molecule has 0 aromatic carbocycles. The van der Waals surface area contributed by atoms with E-state index in [0.29, 0.717) is 12.0 Å². The van der Waals surface area contributed by atoms with Crippen molar-refractivity contribution in [3.63, 3.8) is 0 Å². The predicted octanol–water partition coefficient (Wildman–Crippen LogP) is 4.59. The molecule has 4 aliphatic carbocycles. The Balaban J connectivity index is 1.62. The molecule has 7 atom stereocenters. The van der Waals surface area contributed by atoms with Crippen molar-refractivity contribution in [2.45, 2.75) is 44.8 Å². The van der Waals surface area contributed by atoms with Crippen LogP contribution in [0.4, 0.5) is 0 Å². The van der Waals surface area contributed by atoms with Crippen LogP contribution in [0.15, 0.2) is 54.3 Å². The number of rotatable bonds is 1. The maximum absolute atomic E-state index is 6.07. The first kappa shape index (κ1) is 13.2. The average Bonchev–Trinajstić information content (AvgIpc) is 3.18. The third-order valence-corrected chi connectivity index (χ3v) is 7.64. The molecule has 114 valence electrons. The smallest absolute Gasteiger partial charge is 0.122 e. The predicted molar refractivity (Wildman–Crippen MR) is 88.2 cm³/mol. The van der Waals surface area contributed by atoms with Gasteiger partial charge in [0.2, 0.25) is 0 Å². The summed E-state index contributed by atoms with van der Waals surface area (Å²) in [7, 11) is 0. The summed E-state index contributed by atoms with van der Waals surface area (Å²) < 4.78 is 6.07. The molecule has 1 saturated heterocycles. The molecule has 0 radical (unpaired) electrons. The van der Waals surface area contributed by atoms with Gasteiger partial charge in [-0.1, -0.05) is 44.2 Å². The van der Waals surface area contributed by atoms with Gasteiger partial charge >= 0.3 is 0 Å². The first-order valence-electron chi connectivity index (χ1n) is 8.70. The molecule has 0 N–H and O–H groups in total. The lowest BCUT2D eigenvalue weighted by Crippen LogP contribution is -2.49. The molecule has 0 bridgehead atoms. The first-order chi connectivity index (χ1) is 10.6. The quantitative estimate of drug-likeness (QED) is 0.391. The van der Waals surface area contributed by atoms with Crippen LogP contribution >= 0.6 is 0 Å². The summed E-state index contributed by atoms with van der Waals surface area (Å²) in [5.41, 5.74) is 5.28. The van der Waals surface area contributed by atoms with Crippen LogP contribution in [-0.2, 0) is 4.74 Å². The van der Waals surface area contributed by atoms with Crippen LogP contribution in [-0.4, -0.2) is 11.7 Å². The molecule has 1 nitrogen and oxygen atoms in total. The summed E-state index contributed by atoms with van der Waals surface area (Å²) >= 11 is 0. The lowest BCUT2D eigenvalue weighted by molar-refractivity contribution is 0.0157. The Kier molecular flexibility index (Phi) is 2.26. The molecule has 1 heteroatoms. The van der Waals surface area contributed by atoms with E-state index in [4.69, 9.17) is 4.74 Å². The van der Waals surface area contributed by atoms with Crippen molar-refractivity contribution in [3.05, 3.63) is 54.3 Å². The van der Waals surface area contributed by atoms with Gasteiger partial charge in [0.25, 0.3) is 0 Å². The van der Waals surface area contributed by atoms with Crippen LogP contribution in [0.2, 0.25) is 0 Å². The van der Waals surface area contributed by atoms with E-state index < -0.39 is 0 Å². The number of hydrogen-bond donors (Lipinski definition) is 0. The normalized spacial score (nSPS) is 56.5. The van der Waals surface area contributed by atoms with Crippen molar-refractivity contribution in [3.8, 4) is 0 Å². The third-order valence-electron chi connectivity index (χ3n) is 7.64. The lowest BCUT2D eigenvalue weighted by atomic mass is 9.50. The Hall–Kier alpha value is -1.30. The minimum Gasteiger partial charge on any atom is -0.361 e. The standard InChI is InChI=1S/C21H24O/c1-4-21-18(22-21)13-17-15-9-8-14-7-5-6-11-19(14,2)16(15)10-12-20(17,21)3/h4-6,10-12,15-18H,1,8-9,13H2,2-3H3/t15-,16+,17+,18?,19+,20+,21-/m1/s1. The molecule has 1 unspecified atom stereocenters. The van der Waals surface area contributed by atoms with E-state index in [1.54, 1.807) is 0 Å². The van der Waals surface area contributed by atoms with Crippen molar-refractivity contribution < 1.29 is 4.74 Å². The second kappa shape index (κ2) is 3.78. The van der Waals surface area contributed by atoms with E-state index in [1.807, 2.05) is 0 Å². The summed E-state index contributed by atoms with van der Waals surface area (Å²) in [5, 5.41) is 0. The molecule has 1 heterocycles. The van der Waals surface area contributed by atoms with Gasteiger partial charge in [0.05, 0.1) is 6.10 Å². The van der Waals surface area contributed by atoms with Crippen LogP contribution in [0, 0.1) is 28.6 Å². The molecule has 5 aliphatic rings. The van der Waals surface area contributed by atoms with Gasteiger partial charge in [-0.25, -0.2) is 0 Å². The lowest BCUT2D eigenvalue weighted by Gasteiger charge is -2.53. The van der Waals surface area contributed by atoms with Crippen LogP contribution in [0.25, 0.3) is 0 Å². The van der Waals surface area contributed by atoms with Gasteiger partial charge in [-0.05, 0) is 48.7 Å². The SMILES string of the molecule is C=C[C@@]12OC1C[C@H]1[C@@H]3CCC4=C=CC=C[C@]4(C)[C@H]3C=C[C@@]12C. The highest BCUT2D eigenvalue weighted by molar-refractivity contribution is 5.40. The number of hydrogen-bond acceptors (Lipinski definition) is 1. The molecule has 0 aromatic rings. The van der Waals surface area contributed by atoms with E-state index >= 15 is 0 Å². The number of ether oxygens (including phenoxy) is 1. The van der Waals surface area contributed by atoms with E-state index in [0.717, 1.165) is 11.8 Å². The van der Waals surface area contributed by atoms with Crippen molar-refractivity contribution in [2.24, 2.45) is 28.6 Å². The van der Waals surface area contributed by atoms with Crippen molar-refractivity contribution in [1.29, 1.82) is 0 Å². The third kappa shape index (κ3) is 1.24.